The van der Waals surface area contributed by atoms with E-state index in [-0.39, 0.29) is 16.8 Å². The van der Waals surface area contributed by atoms with Crippen LogP contribution in [0.3, 0.4) is 0 Å². The lowest BCUT2D eigenvalue weighted by Crippen LogP contribution is -2.34. The zero-order chi connectivity index (χ0) is 13.9. The van der Waals surface area contributed by atoms with Crippen molar-refractivity contribution >= 4 is 23.0 Å². The lowest BCUT2D eigenvalue weighted by Gasteiger charge is -2.18. The van der Waals surface area contributed by atoms with E-state index < -0.39 is 4.92 Å². The maximum Gasteiger partial charge on any atom is 0.288 e. The van der Waals surface area contributed by atoms with Crippen LogP contribution in [0.5, 0.6) is 0 Å². The lowest BCUT2D eigenvalue weighted by atomic mass is 10.1. The molecule has 0 amide bonds. The van der Waals surface area contributed by atoms with Crippen LogP contribution in [0.2, 0.25) is 5.02 Å². The fourth-order valence-corrected chi connectivity index (χ4v) is 1.69. The van der Waals surface area contributed by atoms with Crippen LogP contribution < -0.4 is 11.1 Å². The summed E-state index contributed by atoms with van der Waals surface area (Å²) < 4.78 is 0. The second-order valence-corrected chi connectivity index (χ2v) is 5.07. The molecule has 0 aromatic heterocycles. The first-order valence-corrected chi connectivity index (χ1v) is 6.14. The quantitative estimate of drug-likeness (QED) is 0.637. The average Bonchev–Trinajstić information content (AvgIpc) is 2.28. The number of nitrogens with zero attached hydrogens (tertiary/aromatic N) is 1. The minimum absolute atomic E-state index is 0.0263. The Hall–Kier alpha value is -1.33. The van der Waals surface area contributed by atoms with E-state index >= 15 is 0 Å². The molecular weight excluding hydrogens is 254 g/mol. The van der Waals surface area contributed by atoms with E-state index in [2.05, 4.69) is 5.32 Å². The molecule has 1 aromatic carbocycles. The van der Waals surface area contributed by atoms with Crippen LogP contribution in [0.25, 0.3) is 0 Å². The van der Waals surface area contributed by atoms with Crippen LogP contribution in [0, 0.1) is 23.0 Å². The van der Waals surface area contributed by atoms with Crippen LogP contribution in [0.4, 0.5) is 11.4 Å². The Balaban J connectivity index is 2.85. The Morgan fingerprint density at radius 3 is 2.61 bits per heavy atom. The first-order chi connectivity index (χ1) is 8.32. The van der Waals surface area contributed by atoms with Gasteiger partial charge in [-0.1, -0.05) is 25.4 Å². The molecule has 0 heterocycles. The van der Waals surface area contributed by atoms with Crippen molar-refractivity contribution < 1.29 is 4.92 Å². The smallest absolute Gasteiger partial charge is 0.288 e. The number of rotatable bonds is 5. The van der Waals surface area contributed by atoms with Crippen molar-refractivity contribution in [2.45, 2.75) is 26.8 Å². The van der Waals surface area contributed by atoms with Crippen molar-refractivity contribution in [1.29, 1.82) is 0 Å². The minimum Gasteiger partial charge on any atom is -0.383 e. The predicted molar refractivity (Wildman–Crippen MR) is 74.1 cm³/mol. The number of hydrogen-bond acceptors (Lipinski definition) is 4. The number of nitro benzene ring substituents is 1. The largest absolute Gasteiger partial charge is 0.383 e. The standard InChI is InChI=1S/C12H18ClN3O2/c1-7(2)10(14)6-15-11-5-9(13)12(16(17)18)4-8(11)3/h4-5,7,10,15H,6,14H2,1-3H3. The second-order valence-electron chi connectivity index (χ2n) is 4.66. The van der Waals surface area contributed by atoms with E-state index in [1.165, 1.54) is 6.07 Å². The Kier molecular flexibility index (Phi) is 4.93. The Morgan fingerprint density at radius 2 is 2.11 bits per heavy atom. The summed E-state index contributed by atoms with van der Waals surface area (Å²) in [6, 6.07) is 3.06. The molecule has 100 valence electrons. The van der Waals surface area contributed by atoms with Gasteiger partial charge in [-0.2, -0.15) is 0 Å². The Labute approximate surface area is 111 Å². The Morgan fingerprint density at radius 1 is 1.50 bits per heavy atom. The van der Waals surface area contributed by atoms with E-state index in [0.29, 0.717) is 12.5 Å². The maximum absolute atomic E-state index is 10.7. The van der Waals surface area contributed by atoms with Crippen molar-refractivity contribution in [3.8, 4) is 0 Å². The van der Waals surface area contributed by atoms with Gasteiger partial charge in [-0.25, -0.2) is 0 Å². The van der Waals surface area contributed by atoms with Gasteiger partial charge in [-0.05, 0) is 24.5 Å². The molecule has 0 saturated carbocycles. The number of aryl methyl sites for hydroxylation is 1. The minimum atomic E-state index is -0.487. The summed E-state index contributed by atoms with van der Waals surface area (Å²) in [5.74, 6) is 0.367. The first-order valence-electron chi connectivity index (χ1n) is 5.77. The summed E-state index contributed by atoms with van der Waals surface area (Å²) in [6.45, 7) is 6.49. The third kappa shape index (κ3) is 3.58. The molecule has 0 fully saturated rings. The summed E-state index contributed by atoms with van der Waals surface area (Å²) in [5.41, 5.74) is 7.41. The molecule has 0 aliphatic rings. The van der Waals surface area contributed by atoms with Crippen molar-refractivity contribution in [2.75, 3.05) is 11.9 Å². The summed E-state index contributed by atoms with van der Waals surface area (Å²) in [5, 5.41) is 14.0. The number of halogens is 1. The molecule has 0 aliphatic heterocycles. The topological polar surface area (TPSA) is 81.2 Å². The average molecular weight is 272 g/mol. The molecule has 5 nitrogen and oxygen atoms in total. The normalized spacial score (nSPS) is 12.6. The third-order valence-electron chi connectivity index (χ3n) is 2.88. The van der Waals surface area contributed by atoms with Gasteiger partial charge in [0.15, 0.2) is 0 Å². The summed E-state index contributed by atoms with van der Waals surface area (Å²) >= 11 is 5.86. The van der Waals surface area contributed by atoms with Gasteiger partial charge in [-0.15, -0.1) is 0 Å². The van der Waals surface area contributed by atoms with Gasteiger partial charge in [-0.3, -0.25) is 10.1 Å². The third-order valence-corrected chi connectivity index (χ3v) is 3.18. The lowest BCUT2D eigenvalue weighted by molar-refractivity contribution is -0.384. The molecule has 6 heteroatoms. The van der Waals surface area contributed by atoms with Crippen LogP contribution in [-0.2, 0) is 0 Å². The van der Waals surface area contributed by atoms with E-state index in [1.54, 1.807) is 13.0 Å². The van der Waals surface area contributed by atoms with Crippen LogP contribution >= 0.6 is 11.6 Å². The highest BCUT2D eigenvalue weighted by Crippen LogP contribution is 2.30. The molecule has 18 heavy (non-hydrogen) atoms. The number of hydrogen-bond donors (Lipinski definition) is 2. The molecule has 1 aromatic rings. The second kappa shape index (κ2) is 6.02. The van der Waals surface area contributed by atoms with Gasteiger partial charge in [0.2, 0.25) is 0 Å². The number of benzene rings is 1. The van der Waals surface area contributed by atoms with Crippen LogP contribution in [0.1, 0.15) is 19.4 Å². The highest BCUT2D eigenvalue weighted by Gasteiger charge is 2.15. The molecule has 1 unspecified atom stereocenters. The van der Waals surface area contributed by atoms with E-state index in [4.69, 9.17) is 17.3 Å². The fourth-order valence-electron chi connectivity index (χ4n) is 1.46. The van der Waals surface area contributed by atoms with Gasteiger partial charge in [0, 0.05) is 24.3 Å². The van der Waals surface area contributed by atoms with Gasteiger partial charge >= 0.3 is 0 Å². The van der Waals surface area contributed by atoms with Crippen molar-refractivity contribution in [3.63, 3.8) is 0 Å². The molecule has 3 N–H and O–H groups in total. The molecule has 1 atom stereocenters. The molecule has 0 saturated heterocycles. The molecule has 1 rings (SSSR count). The summed E-state index contributed by atoms with van der Waals surface area (Å²) in [6.07, 6.45) is 0. The van der Waals surface area contributed by atoms with Crippen LogP contribution in [-0.4, -0.2) is 17.5 Å². The number of nitrogens with one attached hydrogen (secondary N) is 1. The first kappa shape index (κ1) is 14.7. The van der Waals surface area contributed by atoms with Crippen molar-refractivity contribution in [2.24, 2.45) is 11.7 Å². The van der Waals surface area contributed by atoms with E-state index in [1.807, 2.05) is 13.8 Å². The van der Waals surface area contributed by atoms with Crippen LogP contribution in [0.15, 0.2) is 12.1 Å². The molecular formula is C12H18ClN3O2. The monoisotopic (exact) mass is 271 g/mol. The van der Waals surface area contributed by atoms with E-state index in [9.17, 15) is 10.1 Å². The van der Waals surface area contributed by atoms with Gasteiger partial charge in [0.05, 0.1) is 4.92 Å². The maximum atomic E-state index is 10.7. The highest BCUT2D eigenvalue weighted by molar-refractivity contribution is 6.33. The van der Waals surface area contributed by atoms with Gasteiger partial charge < -0.3 is 11.1 Å². The number of nitrogens with two attached hydrogens (primary N) is 1. The number of anilines is 1. The predicted octanol–water partition coefficient (Wildman–Crippen LogP) is 2.95. The highest BCUT2D eigenvalue weighted by atomic mass is 35.5. The summed E-state index contributed by atoms with van der Waals surface area (Å²) in [4.78, 5) is 10.2. The zero-order valence-corrected chi connectivity index (χ0v) is 11.5. The van der Waals surface area contributed by atoms with Crippen molar-refractivity contribution in [3.05, 3.63) is 32.8 Å². The summed E-state index contributed by atoms with van der Waals surface area (Å²) in [7, 11) is 0. The molecule has 0 radical (unpaired) electrons. The van der Waals surface area contributed by atoms with E-state index in [0.717, 1.165) is 11.3 Å². The van der Waals surface area contributed by atoms with Gasteiger partial charge in [0.1, 0.15) is 5.02 Å². The fraction of sp³-hybridized carbons (Fsp3) is 0.500. The van der Waals surface area contributed by atoms with Crippen molar-refractivity contribution in [1.82, 2.24) is 0 Å². The molecule has 0 aliphatic carbocycles. The van der Waals surface area contributed by atoms with Gasteiger partial charge in [0.25, 0.3) is 5.69 Å². The molecule has 0 spiro atoms. The zero-order valence-electron chi connectivity index (χ0n) is 10.7. The molecule has 0 bridgehead atoms. The Bertz CT molecular complexity index is 449. The SMILES string of the molecule is Cc1cc([N+](=O)[O-])c(Cl)cc1NCC(N)C(C)C. The number of nitro groups is 1.